The number of rotatable bonds is 6. The molecule has 11 heteroatoms. The highest BCUT2D eigenvalue weighted by Gasteiger charge is 2.49. The molecular weight excluding hydrogens is 583 g/mol. The van der Waals surface area contributed by atoms with Crippen LogP contribution in [0.4, 0.5) is 19.0 Å². The Bertz CT molecular complexity index is 1820. The molecule has 3 saturated heterocycles. The van der Waals surface area contributed by atoms with E-state index in [1.165, 1.54) is 18.2 Å². The lowest BCUT2D eigenvalue weighted by Gasteiger charge is -2.48. The Hall–Kier alpha value is -3.70. The standard InChI is InChI=1S/C34H36F3N5O3/c1-2-23-26(36)6-5-20-13-22(43)14-24(27(20)23)29-28(37)30-25(16-38-29)31(41-11-12-45-34(18-41)8-3-9-34)40-32(39-30)44-19-33-7-4-10-42(33)17-21(35)15-33/h5-6,13-14,16,21,43H,2-4,7-12,15,17-19H2,1H3/t21-,33+/m1/s1. The highest BCUT2D eigenvalue weighted by molar-refractivity contribution is 6.01. The second-order valence-corrected chi connectivity index (χ2v) is 13.2. The molecule has 0 radical (unpaired) electrons. The van der Waals surface area contributed by atoms with Gasteiger partial charge in [-0.15, -0.1) is 0 Å². The van der Waals surface area contributed by atoms with Crippen molar-refractivity contribution in [2.45, 2.75) is 69.2 Å². The summed E-state index contributed by atoms with van der Waals surface area (Å²) in [6, 6.07) is 5.90. The number of aromatic hydroxyl groups is 1. The van der Waals surface area contributed by atoms with Gasteiger partial charge in [0.1, 0.15) is 41.4 Å². The number of hydrogen-bond acceptors (Lipinski definition) is 8. The molecule has 1 aliphatic carbocycles. The highest BCUT2D eigenvalue weighted by atomic mass is 19.1. The van der Waals surface area contributed by atoms with Gasteiger partial charge < -0.3 is 19.5 Å². The van der Waals surface area contributed by atoms with Crippen molar-refractivity contribution < 1.29 is 27.8 Å². The van der Waals surface area contributed by atoms with E-state index in [2.05, 4.69) is 19.8 Å². The minimum Gasteiger partial charge on any atom is -0.508 e. The number of anilines is 1. The number of pyridine rings is 1. The van der Waals surface area contributed by atoms with E-state index in [4.69, 9.17) is 14.5 Å². The molecule has 4 aromatic rings. The topological polar surface area (TPSA) is 83.8 Å². The number of benzene rings is 2. The van der Waals surface area contributed by atoms with E-state index in [0.29, 0.717) is 66.6 Å². The van der Waals surface area contributed by atoms with Crippen LogP contribution >= 0.6 is 0 Å². The number of aryl methyl sites for hydroxylation is 1. The number of hydrogen-bond donors (Lipinski definition) is 1. The van der Waals surface area contributed by atoms with Crippen molar-refractivity contribution in [1.82, 2.24) is 19.9 Å². The Morgan fingerprint density at radius 3 is 2.78 bits per heavy atom. The molecule has 0 amide bonds. The van der Waals surface area contributed by atoms with Gasteiger partial charge in [-0.1, -0.05) is 13.0 Å². The van der Waals surface area contributed by atoms with E-state index in [1.54, 1.807) is 12.3 Å². The number of nitrogens with zero attached hydrogens (tertiary/aromatic N) is 5. The van der Waals surface area contributed by atoms with Crippen molar-refractivity contribution in [3.8, 4) is 23.0 Å². The molecule has 2 aromatic heterocycles. The smallest absolute Gasteiger partial charge is 0.319 e. The number of phenols is 1. The number of morpholine rings is 1. The minimum atomic E-state index is -0.907. The fourth-order valence-electron chi connectivity index (χ4n) is 8.09. The van der Waals surface area contributed by atoms with Gasteiger partial charge in [-0.3, -0.25) is 9.88 Å². The zero-order valence-corrected chi connectivity index (χ0v) is 25.3. The fraction of sp³-hybridized carbons (Fsp3) is 0.500. The Kier molecular flexibility index (Phi) is 6.83. The van der Waals surface area contributed by atoms with E-state index in [-0.39, 0.29) is 40.7 Å². The molecule has 1 spiro atoms. The first-order chi connectivity index (χ1) is 21.8. The number of aromatic nitrogens is 3. The summed E-state index contributed by atoms with van der Waals surface area (Å²) in [5.41, 5.74) is 0.00835. The maximum absolute atomic E-state index is 16.8. The Labute approximate surface area is 259 Å². The second-order valence-electron chi connectivity index (χ2n) is 13.2. The van der Waals surface area contributed by atoms with Gasteiger partial charge in [0, 0.05) is 37.8 Å². The summed E-state index contributed by atoms with van der Waals surface area (Å²) < 4.78 is 58.7. The molecule has 0 unspecified atom stereocenters. The van der Waals surface area contributed by atoms with Gasteiger partial charge in [0.25, 0.3) is 0 Å². The van der Waals surface area contributed by atoms with E-state index in [0.717, 1.165) is 38.6 Å². The SMILES string of the molecule is CCc1c(F)ccc2cc(O)cc(-c3ncc4c(N5CCOC6(CCC6)C5)nc(OC[C@@]56CCCN5C[C@H](F)C6)nc4c3F)c12. The third-order valence-corrected chi connectivity index (χ3v) is 10.4. The molecule has 2 aromatic carbocycles. The Morgan fingerprint density at radius 1 is 1.11 bits per heavy atom. The van der Waals surface area contributed by atoms with Crippen molar-refractivity contribution in [1.29, 1.82) is 0 Å². The van der Waals surface area contributed by atoms with Crippen molar-refractivity contribution in [3.05, 3.63) is 47.7 Å². The summed E-state index contributed by atoms with van der Waals surface area (Å²) in [7, 11) is 0. The minimum absolute atomic E-state index is 0.0206. The third kappa shape index (κ3) is 4.69. The molecule has 1 N–H and O–H groups in total. The molecule has 4 aliphatic rings. The van der Waals surface area contributed by atoms with Crippen LogP contribution in [-0.2, 0) is 11.2 Å². The van der Waals surface area contributed by atoms with Gasteiger partial charge in [-0.25, -0.2) is 13.2 Å². The lowest BCUT2D eigenvalue weighted by Crippen LogP contribution is -2.56. The summed E-state index contributed by atoms with van der Waals surface area (Å²) in [6.45, 7) is 4.96. The molecule has 8 rings (SSSR count). The van der Waals surface area contributed by atoms with Crippen LogP contribution in [-0.4, -0.2) is 81.7 Å². The van der Waals surface area contributed by atoms with Crippen LogP contribution in [0, 0.1) is 11.6 Å². The molecule has 1 saturated carbocycles. The Morgan fingerprint density at radius 2 is 1.98 bits per heavy atom. The third-order valence-electron chi connectivity index (χ3n) is 10.4. The van der Waals surface area contributed by atoms with Gasteiger partial charge >= 0.3 is 6.01 Å². The Balaban J connectivity index is 1.27. The summed E-state index contributed by atoms with van der Waals surface area (Å²) in [5, 5.41) is 12.1. The number of ether oxygens (including phenoxy) is 2. The predicted molar refractivity (Wildman–Crippen MR) is 165 cm³/mol. The van der Waals surface area contributed by atoms with Gasteiger partial charge in [-0.2, -0.15) is 9.97 Å². The molecule has 45 heavy (non-hydrogen) atoms. The van der Waals surface area contributed by atoms with E-state index < -0.39 is 23.3 Å². The normalized spacial score (nSPS) is 24.4. The predicted octanol–water partition coefficient (Wildman–Crippen LogP) is 6.11. The van der Waals surface area contributed by atoms with E-state index in [9.17, 15) is 13.9 Å². The molecule has 0 bridgehead atoms. The molecule has 8 nitrogen and oxygen atoms in total. The second kappa shape index (κ2) is 10.7. The van der Waals surface area contributed by atoms with Crippen LogP contribution in [0.3, 0.4) is 0 Å². The first-order valence-electron chi connectivity index (χ1n) is 16.0. The van der Waals surface area contributed by atoms with Crippen molar-refractivity contribution in [2.75, 3.05) is 44.3 Å². The first-order valence-corrected chi connectivity index (χ1v) is 16.0. The van der Waals surface area contributed by atoms with Gasteiger partial charge in [0.2, 0.25) is 0 Å². The quantitative estimate of drug-likeness (QED) is 0.277. The summed E-state index contributed by atoms with van der Waals surface area (Å²) in [5.74, 6) is -0.684. The van der Waals surface area contributed by atoms with Crippen LogP contribution in [0.1, 0.15) is 51.0 Å². The summed E-state index contributed by atoms with van der Waals surface area (Å²) in [6.07, 6.45) is 6.21. The van der Waals surface area contributed by atoms with Gasteiger partial charge in [0.05, 0.1) is 23.1 Å². The molecule has 4 fully saturated rings. The van der Waals surface area contributed by atoms with Crippen molar-refractivity contribution in [3.63, 3.8) is 0 Å². The lowest BCUT2D eigenvalue weighted by atomic mass is 9.79. The van der Waals surface area contributed by atoms with Gasteiger partial charge in [0.15, 0.2) is 5.82 Å². The number of alkyl halides is 1. The molecule has 5 heterocycles. The summed E-state index contributed by atoms with van der Waals surface area (Å²) >= 11 is 0. The van der Waals surface area contributed by atoms with Crippen LogP contribution in [0.15, 0.2) is 30.5 Å². The fourth-order valence-corrected chi connectivity index (χ4v) is 8.09. The van der Waals surface area contributed by atoms with Crippen molar-refractivity contribution >= 4 is 27.5 Å². The van der Waals surface area contributed by atoms with Crippen LogP contribution in [0.5, 0.6) is 11.8 Å². The van der Waals surface area contributed by atoms with E-state index >= 15 is 4.39 Å². The number of halogens is 3. The van der Waals surface area contributed by atoms with Crippen LogP contribution in [0.25, 0.3) is 32.9 Å². The van der Waals surface area contributed by atoms with Gasteiger partial charge in [-0.05, 0) is 79.6 Å². The highest BCUT2D eigenvalue weighted by Crippen LogP contribution is 2.43. The maximum atomic E-state index is 16.8. The monoisotopic (exact) mass is 619 g/mol. The largest absolute Gasteiger partial charge is 0.508 e. The average Bonchev–Trinajstić information content (AvgIpc) is 3.55. The maximum Gasteiger partial charge on any atom is 0.319 e. The zero-order chi connectivity index (χ0) is 30.9. The lowest BCUT2D eigenvalue weighted by molar-refractivity contribution is -0.106. The van der Waals surface area contributed by atoms with Crippen molar-refractivity contribution in [2.24, 2.45) is 0 Å². The van der Waals surface area contributed by atoms with Crippen LogP contribution < -0.4 is 9.64 Å². The number of phenolic OH excluding ortho intramolecular Hbond substituents is 1. The zero-order valence-electron chi connectivity index (χ0n) is 25.3. The summed E-state index contributed by atoms with van der Waals surface area (Å²) in [4.78, 5) is 18.2. The average molecular weight is 620 g/mol. The molecule has 2 atom stereocenters. The van der Waals surface area contributed by atoms with E-state index in [1.807, 2.05) is 6.92 Å². The molecule has 3 aliphatic heterocycles. The molecular formula is C34H36F3N5O3. The van der Waals surface area contributed by atoms with Crippen LogP contribution in [0.2, 0.25) is 0 Å². The number of fused-ring (bicyclic) bond motifs is 3. The molecule has 236 valence electrons. The first kappa shape index (κ1) is 28.8.